The Morgan fingerprint density at radius 2 is 1.13 bits per heavy atom. The van der Waals surface area contributed by atoms with Crippen molar-refractivity contribution in [3.63, 3.8) is 0 Å². The monoisotopic (exact) mass is 578 g/mol. The van der Waals surface area contributed by atoms with E-state index < -0.39 is 0 Å². The van der Waals surface area contributed by atoms with Gasteiger partial charge in [0.1, 0.15) is 5.82 Å². The normalized spacial score (nSPS) is 13.6. The smallest absolute Gasteiger partial charge is 0.141 e. The summed E-state index contributed by atoms with van der Waals surface area (Å²) in [7, 11) is 0. The number of nitrogens with zero attached hydrogens (tertiary/aromatic N) is 2. The van der Waals surface area contributed by atoms with Crippen LogP contribution in [0.25, 0.3) is 77.0 Å². The largest absolute Gasteiger partial charge is 0.324 e. The van der Waals surface area contributed by atoms with Gasteiger partial charge < -0.3 is 4.57 Å². The molecule has 1 aliphatic carbocycles. The van der Waals surface area contributed by atoms with Crippen molar-refractivity contribution in [3.05, 3.63) is 139 Å². The highest BCUT2D eigenvalue weighted by atomic mass is 15.1. The van der Waals surface area contributed by atoms with Crippen LogP contribution in [0.5, 0.6) is 0 Å². The molecule has 1 aromatic heterocycles. The SMILES string of the molecule is CCCn1c(-c2ccc(-c3cc4c(c5ccccc35)-c3c(c5ccccc5c5ccccc35)C4(C)C)cc2)nc2ccccc21. The predicted molar refractivity (Wildman–Crippen MR) is 191 cm³/mol. The first-order chi connectivity index (χ1) is 22.1. The van der Waals surface area contributed by atoms with Crippen LogP contribution < -0.4 is 0 Å². The highest BCUT2D eigenvalue weighted by Gasteiger charge is 2.40. The van der Waals surface area contributed by atoms with E-state index in [0.29, 0.717) is 0 Å². The molecule has 1 heterocycles. The third kappa shape index (κ3) is 3.66. The zero-order valence-corrected chi connectivity index (χ0v) is 25.9. The number of benzene rings is 7. The van der Waals surface area contributed by atoms with Crippen molar-refractivity contribution in [2.45, 2.75) is 39.2 Å². The summed E-state index contributed by atoms with van der Waals surface area (Å²) in [4.78, 5) is 5.06. The summed E-state index contributed by atoms with van der Waals surface area (Å²) >= 11 is 0. The van der Waals surface area contributed by atoms with E-state index in [2.05, 4.69) is 153 Å². The first-order valence-corrected chi connectivity index (χ1v) is 16.1. The third-order valence-corrected chi connectivity index (χ3v) is 10.1. The summed E-state index contributed by atoms with van der Waals surface area (Å²) in [5.74, 6) is 1.04. The topological polar surface area (TPSA) is 17.8 Å². The lowest BCUT2D eigenvalue weighted by Crippen LogP contribution is -2.16. The Hall–Kier alpha value is -5.21. The zero-order valence-electron chi connectivity index (χ0n) is 25.9. The summed E-state index contributed by atoms with van der Waals surface area (Å²) in [5.41, 5.74) is 11.4. The Kier molecular flexibility index (Phi) is 5.62. The Labute approximate surface area is 263 Å². The zero-order chi connectivity index (χ0) is 30.3. The Bertz CT molecular complexity index is 2460. The van der Waals surface area contributed by atoms with E-state index in [4.69, 9.17) is 4.98 Å². The molecule has 0 fully saturated rings. The van der Waals surface area contributed by atoms with Crippen molar-refractivity contribution in [1.82, 2.24) is 9.55 Å². The molecular formula is C43H34N2. The fourth-order valence-corrected chi connectivity index (χ4v) is 8.11. The molecule has 2 nitrogen and oxygen atoms in total. The number of rotatable bonds is 4. The molecule has 0 saturated heterocycles. The molecule has 2 heteroatoms. The molecule has 45 heavy (non-hydrogen) atoms. The van der Waals surface area contributed by atoms with Crippen LogP contribution >= 0.6 is 0 Å². The third-order valence-electron chi connectivity index (χ3n) is 10.1. The van der Waals surface area contributed by atoms with Gasteiger partial charge >= 0.3 is 0 Å². The average Bonchev–Trinajstić information content (AvgIpc) is 3.57. The van der Waals surface area contributed by atoms with Crippen LogP contribution in [-0.2, 0) is 12.0 Å². The van der Waals surface area contributed by atoms with E-state index in [1.807, 2.05) is 0 Å². The van der Waals surface area contributed by atoms with Gasteiger partial charge in [0, 0.05) is 17.5 Å². The molecule has 0 radical (unpaired) electrons. The molecule has 0 aliphatic heterocycles. The average molecular weight is 579 g/mol. The minimum Gasteiger partial charge on any atom is -0.324 e. The lowest BCUT2D eigenvalue weighted by Gasteiger charge is -2.25. The Morgan fingerprint density at radius 3 is 1.84 bits per heavy atom. The summed E-state index contributed by atoms with van der Waals surface area (Å²) in [5, 5.41) is 7.98. The molecule has 0 amide bonds. The van der Waals surface area contributed by atoms with Crippen LogP contribution in [0.3, 0.4) is 0 Å². The van der Waals surface area contributed by atoms with Crippen LogP contribution in [-0.4, -0.2) is 9.55 Å². The second-order valence-corrected chi connectivity index (χ2v) is 13.0. The number of aromatic nitrogens is 2. The van der Waals surface area contributed by atoms with E-state index in [1.165, 1.54) is 71.2 Å². The van der Waals surface area contributed by atoms with Crippen LogP contribution in [0.2, 0.25) is 0 Å². The fraction of sp³-hybridized carbons (Fsp3) is 0.140. The Balaban J connectivity index is 1.28. The van der Waals surface area contributed by atoms with Gasteiger partial charge in [-0.05, 0) is 90.3 Å². The number of hydrogen-bond donors (Lipinski definition) is 0. The van der Waals surface area contributed by atoms with Gasteiger partial charge in [0.25, 0.3) is 0 Å². The first-order valence-electron chi connectivity index (χ1n) is 16.1. The minimum atomic E-state index is -0.155. The standard InChI is InChI=1S/C43H34N2/c1-4-25-45-38-20-12-11-19-37(38)44-42(45)28-23-21-27(22-24-28)35-26-36-39(32-16-8-6-15-31(32)35)40-33-17-9-5-13-29(33)30-14-7-10-18-34(30)41(40)43(36,2)3/h5-24,26H,4,25H2,1-3H3. The highest BCUT2D eigenvalue weighted by Crippen LogP contribution is 2.57. The van der Waals surface area contributed by atoms with Crippen LogP contribution in [0.4, 0.5) is 0 Å². The molecule has 8 aromatic rings. The molecule has 0 spiro atoms. The molecule has 0 unspecified atom stereocenters. The van der Waals surface area contributed by atoms with Gasteiger partial charge in [0.15, 0.2) is 0 Å². The van der Waals surface area contributed by atoms with E-state index in [0.717, 1.165) is 29.9 Å². The van der Waals surface area contributed by atoms with Crippen LogP contribution in [0.15, 0.2) is 127 Å². The van der Waals surface area contributed by atoms with Gasteiger partial charge in [-0.15, -0.1) is 0 Å². The maximum Gasteiger partial charge on any atom is 0.141 e. The molecular weight excluding hydrogens is 544 g/mol. The fourth-order valence-electron chi connectivity index (χ4n) is 8.11. The number of imidazole rings is 1. The molecule has 0 bridgehead atoms. The molecule has 216 valence electrons. The van der Waals surface area contributed by atoms with Crippen molar-refractivity contribution < 1.29 is 0 Å². The second-order valence-electron chi connectivity index (χ2n) is 13.0. The van der Waals surface area contributed by atoms with Crippen LogP contribution in [0.1, 0.15) is 38.3 Å². The maximum absolute atomic E-state index is 5.06. The van der Waals surface area contributed by atoms with E-state index in [9.17, 15) is 0 Å². The minimum absolute atomic E-state index is 0.155. The van der Waals surface area contributed by atoms with Gasteiger partial charge in [0.05, 0.1) is 11.0 Å². The highest BCUT2D eigenvalue weighted by molar-refractivity contribution is 6.22. The van der Waals surface area contributed by atoms with Gasteiger partial charge in [0.2, 0.25) is 0 Å². The molecule has 9 rings (SSSR count). The second kappa shape index (κ2) is 9.64. The summed E-state index contributed by atoms with van der Waals surface area (Å²) < 4.78 is 2.36. The van der Waals surface area contributed by atoms with Crippen molar-refractivity contribution >= 4 is 43.4 Å². The molecule has 7 aromatic carbocycles. The van der Waals surface area contributed by atoms with Gasteiger partial charge in [-0.1, -0.05) is 130 Å². The lowest BCUT2D eigenvalue weighted by molar-refractivity contribution is 0.667. The van der Waals surface area contributed by atoms with E-state index in [-0.39, 0.29) is 5.41 Å². The number of fused-ring (bicyclic) bond motifs is 11. The van der Waals surface area contributed by atoms with E-state index >= 15 is 0 Å². The Morgan fingerprint density at radius 1 is 0.578 bits per heavy atom. The molecule has 0 saturated carbocycles. The van der Waals surface area contributed by atoms with Gasteiger partial charge in [-0.2, -0.15) is 0 Å². The first kappa shape index (κ1) is 26.2. The van der Waals surface area contributed by atoms with Crippen molar-refractivity contribution in [3.8, 4) is 33.6 Å². The molecule has 0 atom stereocenters. The quantitative estimate of drug-likeness (QED) is 0.190. The molecule has 1 aliphatic rings. The van der Waals surface area contributed by atoms with Crippen molar-refractivity contribution in [1.29, 1.82) is 0 Å². The van der Waals surface area contributed by atoms with Crippen molar-refractivity contribution in [2.24, 2.45) is 0 Å². The lowest BCUT2D eigenvalue weighted by atomic mass is 9.78. The number of para-hydroxylation sites is 2. The molecule has 0 N–H and O–H groups in total. The summed E-state index contributed by atoms with van der Waals surface area (Å²) in [6.45, 7) is 8.01. The van der Waals surface area contributed by atoms with Crippen LogP contribution in [0, 0.1) is 0 Å². The van der Waals surface area contributed by atoms with Gasteiger partial charge in [-0.25, -0.2) is 4.98 Å². The van der Waals surface area contributed by atoms with Crippen molar-refractivity contribution in [2.75, 3.05) is 0 Å². The van der Waals surface area contributed by atoms with Gasteiger partial charge in [-0.3, -0.25) is 0 Å². The van der Waals surface area contributed by atoms with E-state index in [1.54, 1.807) is 0 Å². The predicted octanol–water partition coefficient (Wildman–Crippen LogP) is 11.5. The summed E-state index contributed by atoms with van der Waals surface area (Å²) in [6.07, 6.45) is 1.06. The maximum atomic E-state index is 5.06. The number of hydrogen-bond acceptors (Lipinski definition) is 1. The summed E-state index contributed by atoms with van der Waals surface area (Å²) in [6, 6.07) is 47.0. The number of aryl methyl sites for hydroxylation is 1.